The van der Waals surface area contributed by atoms with E-state index in [-0.39, 0.29) is 10.9 Å². The molecule has 14 heavy (non-hydrogen) atoms. The lowest BCUT2D eigenvalue weighted by Gasteiger charge is -2.01. The second kappa shape index (κ2) is 2.97. The third-order valence-corrected chi connectivity index (χ3v) is 1.95. The first-order chi connectivity index (χ1) is 6.59. The summed E-state index contributed by atoms with van der Waals surface area (Å²) in [5.41, 5.74) is 0.623. The Labute approximate surface area is 78.2 Å². The van der Waals surface area contributed by atoms with Crippen LogP contribution in [0.1, 0.15) is 5.56 Å². The largest absolute Gasteiger partial charge is 0.253 e. The second-order valence-corrected chi connectivity index (χ2v) is 3.07. The van der Waals surface area contributed by atoms with Crippen LogP contribution in [0.25, 0.3) is 10.9 Å². The van der Waals surface area contributed by atoms with E-state index in [1.54, 1.807) is 13.0 Å². The van der Waals surface area contributed by atoms with E-state index in [1.165, 1.54) is 6.20 Å². The van der Waals surface area contributed by atoms with Crippen molar-refractivity contribution in [3.63, 3.8) is 0 Å². The lowest BCUT2D eigenvalue weighted by Crippen LogP contribution is -1.94. The maximum Gasteiger partial charge on any atom is 0.196 e. The van der Waals surface area contributed by atoms with E-state index in [9.17, 15) is 13.2 Å². The molecule has 1 nitrogen and oxygen atoms in total. The minimum atomic E-state index is -1.48. The highest BCUT2D eigenvalue weighted by Gasteiger charge is 2.13. The van der Waals surface area contributed by atoms with E-state index in [4.69, 9.17) is 0 Å². The Bertz CT molecular complexity index is 508. The number of hydrogen-bond donors (Lipinski definition) is 0. The van der Waals surface area contributed by atoms with Crippen LogP contribution in [0.15, 0.2) is 18.3 Å². The Morgan fingerprint density at radius 3 is 2.50 bits per heavy atom. The fourth-order valence-corrected chi connectivity index (χ4v) is 1.29. The van der Waals surface area contributed by atoms with Gasteiger partial charge in [-0.3, -0.25) is 4.98 Å². The van der Waals surface area contributed by atoms with Crippen molar-refractivity contribution in [2.75, 3.05) is 0 Å². The average molecular weight is 197 g/mol. The van der Waals surface area contributed by atoms with Crippen LogP contribution in [-0.2, 0) is 0 Å². The van der Waals surface area contributed by atoms with Crippen LogP contribution in [0.2, 0.25) is 0 Å². The quantitative estimate of drug-likeness (QED) is 0.591. The van der Waals surface area contributed by atoms with Crippen LogP contribution in [0.5, 0.6) is 0 Å². The summed E-state index contributed by atoms with van der Waals surface area (Å²) < 4.78 is 38.7. The molecule has 0 unspecified atom stereocenters. The van der Waals surface area contributed by atoms with Crippen LogP contribution in [-0.4, -0.2) is 4.98 Å². The van der Waals surface area contributed by atoms with Crippen molar-refractivity contribution >= 4 is 10.9 Å². The third-order valence-electron chi connectivity index (χ3n) is 1.95. The van der Waals surface area contributed by atoms with Gasteiger partial charge in [0.05, 0.1) is 0 Å². The van der Waals surface area contributed by atoms with Crippen molar-refractivity contribution in [1.82, 2.24) is 4.98 Å². The minimum Gasteiger partial charge on any atom is -0.253 e. The molecule has 0 bridgehead atoms. The fraction of sp³-hybridized carbons (Fsp3) is 0.100. The van der Waals surface area contributed by atoms with Crippen LogP contribution >= 0.6 is 0 Å². The van der Waals surface area contributed by atoms with Gasteiger partial charge in [0.1, 0.15) is 5.52 Å². The smallest absolute Gasteiger partial charge is 0.196 e. The second-order valence-electron chi connectivity index (χ2n) is 3.07. The number of benzene rings is 1. The normalized spacial score (nSPS) is 10.9. The number of hydrogen-bond acceptors (Lipinski definition) is 1. The molecule has 1 heterocycles. The number of fused-ring (bicyclic) bond motifs is 1. The molecule has 4 heteroatoms. The van der Waals surface area contributed by atoms with E-state index in [2.05, 4.69) is 4.98 Å². The van der Waals surface area contributed by atoms with Crippen LogP contribution in [0, 0.1) is 24.4 Å². The van der Waals surface area contributed by atoms with E-state index in [0.29, 0.717) is 0 Å². The minimum absolute atomic E-state index is 0.144. The van der Waals surface area contributed by atoms with Gasteiger partial charge in [0.15, 0.2) is 17.5 Å². The van der Waals surface area contributed by atoms with Crippen LogP contribution in [0.3, 0.4) is 0 Å². The van der Waals surface area contributed by atoms with Crippen molar-refractivity contribution in [1.29, 1.82) is 0 Å². The molecule has 0 spiro atoms. The molecule has 0 radical (unpaired) electrons. The Morgan fingerprint density at radius 2 is 1.79 bits per heavy atom. The molecule has 2 aromatic rings. The number of rotatable bonds is 0. The summed E-state index contributed by atoms with van der Waals surface area (Å²) in [4.78, 5) is 3.70. The van der Waals surface area contributed by atoms with Crippen molar-refractivity contribution in [3.8, 4) is 0 Å². The van der Waals surface area contributed by atoms with Gasteiger partial charge in [0.25, 0.3) is 0 Å². The molecule has 1 aromatic heterocycles. The number of aromatic nitrogens is 1. The van der Waals surface area contributed by atoms with Crippen molar-refractivity contribution in [3.05, 3.63) is 41.3 Å². The summed E-state index contributed by atoms with van der Waals surface area (Å²) in [5, 5.41) is 0.265. The predicted octanol–water partition coefficient (Wildman–Crippen LogP) is 2.96. The van der Waals surface area contributed by atoms with Crippen LogP contribution in [0.4, 0.5) is 13.2 Å². The van der Waals surface area contributed by atoms with Gasteiger partial charge < -0.3 is 0 Å². The molecule has 0 atom stereocenters. The molecule has 0 aliphatic heterocycles. The molecular weight excluding hydrogens is 191 g/mol. The Balaban J connectivity index is 2.91. The lowest BCUT2D eigenvalue weighted by molar-refractivity contribution is 0.452. The maximum absolute atomic E-state index is 13.1. The standard InChI is InChI=1S/C10H6F3N/c1-5-2-6-3-7(11)8(12)9(13)10(6)14-4-5/h2-4H,1H3. The third kappa shape index (κ3) is 1.23. The summed E-state index contributed by atoms with van der Waals surface area (Å²) in [6.07, 6.45) is 1.41. The fourth-order valence-electron chi connectivity index (χ4n) is 1.29. The summed E-state index contributed by atoms with van der Waals surface area (Å²) >= 11 is 0. The van der Waals surface area contributed by atoms with Crippen LogP contribution < -0.4 is 0 Å². The summed E-state index contributed by atoms with van der Waals surface area (Å²) in [7, 11) is 0. The molecule has 0 aliphatic carbocycles. The first-order valence-corrected chi connectivity index (χ1v) is 3.99. The highest BCUT2D eigenvalue weighted by Crippen LogP contribution is 2.21. The molecule has 0 amide bonds. The first-order valence-electron chi connectivity index (χ1n) is 3.99. The van der Waals surface area contributed by atoms with Gasteiger partial charge in [-0.2, -0.15) is 0 Å². The summed E-state index contributed by atoms with van der Waals surface area (Å²) in [5.74, 6) is -3.91. The molecule has 0 saturated heterocycles. The molecule has 1 aromatic carbocycles. The molecule has 0 aliphatic rings. The van der Waals surface area contributed by atoms with Gasteiger partial charge in [-0.25, -0.2) is 13.2 Å². The maximum atomic E-state index is 13.1. The van der Waals surface area contributed by atoms with E-state index >= 15 is 0 Å². The highest BCUT2D eigenvalue weighted by atomic mass is 19.2. The zero-order valence-corrected chi connectivity index (χ0v) is 7.31. The van der Waals surface area contributed by atoms with Gasteiger partial charge in [-0.1, -0.05) is 0 Å². The number of nitrogens with zero attached hydrogens (tertiary/aromatic N) is 1. The summed E-state index contributed by atoms with van der Waals surface area (Å²) in [6, 6.07) is 2.49. The summed E-state index contributed by atoms with van der Waals surface area (Å²) in [6.45, 7) is 1.74. The average Bonchev–Trinajstić information content (AvgIpc) is 2.14. The number of pyridine rings is 1. The molecule has 72 valence electrons. The SMILES string of the molecule is Cc1cnc2c(F)c(F)c(F)cc2c1. The molecule has 0 saturated carbocycles. The monoisotopic (exact) mass is 197 g/mol. The topological polar surface area (TPSA) is 12.9 Å². The highest BCUT2D eigenvalue weighted by molar-refractivity contribution is 5.79. The number of aryl methyl sites for hydroxylation is 1. The van der Waals surface area contributed by atoms with E-state index in [1.807, 2.05) is 0 Å². The zero-order chi connectivity index (χ0) is 10.3. The van der Waals surface area contributed by atoms with E-state index < -0.39 is 17.5 Å². The molecule has 0 fully saturated rings. The van der Waals surface area contributed by atoms with Gasteiger partial charge in [0, 0.05) is 11.6 Å². The van der Waals surface area contributed by atoms with Gasteiger partial charge in [-0.15, -0.1) is 0 Å². The van der Waals surface area contributed by atoms with Gasteiger partial charge in [-0.05, 0) is 24.6 Å². The van der Waals surface area contributed by atoms with Crippen molar-refractivity contribution < 1.29 is 13.2 Å². The molecular formula is C10H6F3N. The Kier molecular flexibility index (Phi) is 1.91. The predicted molar refractivity (Wildman–Crippen MR) is 46.4 cm³/mol. The molecule has 0 N–H and O–H groups in total. The van der Waals surface area contributed by atoms with Crippen molar-refractivity contribution in [2.24, 2.45) is 0 Å². The Morgan fingerprint density at radius 1 is 1.07 bits per heavy atom. The zero-order valence-electron chi connectivity index (χ0n) is 7.31. The van der Waals surface area contributed by atoms with Gasteiger partial charge >= 0.3 is 0 Å². The lowest BCUT2D eigenvalue weighted by atomic mass is 10.1. The van der Waals surface area contributed by atoms with Crippen molar-refractivity contribution in [2.45, 2.75) is 6.92 Å². The van der Waals surface area contributed by atoms with E-state index in [0.717, 1.165) is 11.6 Å². The Hall–Kier alpha value is -1.58. The number of halogens is 3. The first kappa shape index (κ1) is 8.99. The molecule has 2 rings (SSSR count). The van der Waals surface area contributed by atoms with Gasteiger partial charge in [0.2, 0.25) is 0 Å².